The maximum Gasteiger partial charge on any atom is 0.243 e. The largest absolute Gasteiger partial charge is 0.346 e. The van der Waals surface area contributed by atoms with Gasteiger partial charge in [-0.25, -0.2) is 0 Å². The van der Waals surface area contributed by atoms with Crippen molar-refractivity contribution in [1.82, 2.24) is 5.32 Å². The first kappa shape index (κ1) is 17.0. The van der Waals surface area contributed by atoms with Gasteiger partial charge >= 0.3 is 0 Å². The van der Waals surface area contributed by atoms with Crippen LogP contribution in [0.1, 0.15) is 20.3 Å². The normalized spacial score (nSPS) is 12.2. The summed E-state index contributed by atoms with van der Waals surface area (Å²) in [5.74, 6) is -0.236. The van der Waals surface area contributed by atoms with E-state index in [4.69, 9.17) is 5.73 Å². The van der Waals surface area contributed by atoms with E-state index in [9.17, 15) is 9.59 Å². The molecule has 122 valence electrons. The summed E-state index contributed by atoms with van der Waals surface area (Å²) in [7, 11) is 0. The van der Waals surface area contributed by atoms with E-state index >= 15 is 0 Å². The third kappa shape index (κ3) is 5.07. The third-order valence-corrected chi connectivity index (χ3v) is 3.52. The van der Waals surface area contributed by atoms with Crippen molar-refractivity contribution >= 4 is 28.3 Å². The number of fused-ring (bicyclic) bond motifs is 1. The predicted molar refractivity (Wildman–Crippen MR) is 93.0 cm³/mol. The molecule has 0 fully saturated rings. The number of benzene rings is 2. The van der Waals surface area contributed by atoms with Crippen LogP contribution in [0.25, 0.3) is 10.8 Å². The monoisotopic (exact) mass is 313 g/mol. The molecular weight excluding hydrogens is 290 g/mol. The third-order valence-electron chi connectivity index (χ3n) is 3.52. The van der Waals surface area contributed by atoms with Crippen LogP contribution in [0.5, 0.6) is 0 Å². The van der Waals surface area contributed by atoms with Gasteiger partial charge in [0.05, 0.1) is 12.6 Å². The molecule has 0 bridgehead atoms. The first-order chi connectivity index (χ1) is 11.0. The molecule has 0 aromatic heterocycles. The van der Waals surface area contributed by atoms with E-state index < -0.39 is 6.04 Å². The molecule has 23 heavy (non-hydrogen) atoms. The molecule has 0 aliphatic rings. The zero-order valence-corrected chi connectivity index (χ0v) is 13.5. The average Bonchev–Trinajstić information content (AvgIpc) is 2.51. The number of anilines is 1. The molecule has 0 aliphatic carbocycles. The van der Waals surface area contributed by atoms with Gasteiger partial charge in [0.2, 0.25) is 11.8 Å². The van der Waals surface area contributed by atoms with Gasteiger partial charge in [-0.3, -0.25) is 9.59 Å². The highest BCUT2D eigenvalue weighted by Crippen LogP contribution is 2.18. The molecule has 1 atom stereocenters. The molecule has 0 spiro atoms. The Morgan fingerprint density at radius 3 is 2.48 bits per heavy atom. The van der Waals surface area contributed by atoms with Gasteiger partial charge in [-0.2, -0.15) is 0 Å². The lowest BCUT2D eigenvalue weighted by Crippen LogP contribution is -2.44. The number of carbonyl (C=O) groups excluding carboxylic acids is 2. The molecule has 2 aromatic carbocycles. The van der Waals surface area contributed by atoms with Crippen LogP contribution in [0.3, 0.4) is 0 Å². The molecule has 0 saturated carbocycles. The van der Waals surface area contributed by atoms with Gasteiger partial charge in [0.15, 0.2) is 0 Å². The van der Waals surface area contributed by atoms with Gasteiger partial charge in [0.25, 0.3) is 0 Å². The summed E-state index contributed by atoms with van der Waals surface area (Å²) in [5.41, 5.74) is 6.48. The predicted octanol–water partition coefficient (Wildman–Crippen LogP) is 2.27. The fraction of sp³-hybridized carbons (Fsp3) is 0.333. The highest BCUT2D eigenvalue weighted by atomic mass is 16.2. The van der Waals surface area contributed by atoms with E-state index in [-0.39, 0.29) is 18.4 Å². The van der Waals surface area contributed by atoms with Crippen molar-refractivity contribution < 1.29 is 9.59 Å². The molecule has 0 saturated heterocycles. The Morgan fingerprint density at radius 1 is 1.09 bits per heavy atom. The number of nitrogens with two attached hydrogens (primary N) is 1. The lowest BCUT2D eigenvalue weighted by molar-refractivity contribution is -0.125. The van der Waals surface area contributed by atoms with Crippen molar-refractivity contribution in [3.05, 3.63) is 42.5 Å². The number of hydrogen-bond donors (Lipinski definition) is 3. The Morgan fingerprint density at radius 2 is 1.78 bits per heavy atom. The van der Waals surface area contributed by atoms with E-state index in [1.54, 1.807) is 0 Å². The molecule has 5 heteroatoms. The summed E-state index contributed by atoms with van der Waals surface area (Å²) < 4.78 is 0. The summed E-state index contributed by atoms with van der Waals surface area (Å²) >= 11 is 0. The second kappa shape index (κ2) is 7.74. The molecule has 0 heterocycles. The minimum absolute atomic E-state index is 0.0859. The lowest BCUT2D eigenvalue weighted by Gasteiger charge is -2.14. The number of amides is 2. The summed E-state index contributed by atoms with van der Waals surface area (Å²) in [5, 5.41) is 7.50. The Hall–Kier alpha value is -2.40. The first-order valence-corrected chi connectivity index (χ1v) is 7.77. The number of carbonyl (C=O) groups is 2. The standard InChI is InChI=1S/C18H23N3O2/c1-12(2)9-16(19)18(23)20-11-17(22)21-15-8-7-13-5-3-4-6-14(13)10-15/h3-8,10,12,16H,9,11,19H2,1-2H3,(H,20,23)(H,21,22)/t16-/m1/s1. The molecule has 4 N–H and O–H groups in total. The molecule has 2 rings (SSSR count). The molecular formula is C18H23N3O2. The van der Waals surface area contributed by atoms with Crippen LogP contribution in [-0.4, -0.2) is 24.4 Å². The zero-order valence-electron chi connectivity index (χ0n) is 13.5. The Labute approximate surface area is 136 Å². The molecule has 0 unspecified atom stereocenters. The van der Waals surface area contributed by atoms with Crippen LogP contribution in [0.2, 0.25) is 0 Å². The van der Waals surface area contributed by atoms with Crippen molar-refractivity contribution in [3.63, 3.8) is 0 Å². The minimum Gasteiger partial charge on any atom is -0.346 e. The second-order valence-corrected chi connectivity index (χ2v) is 6.06. The minimum atomic E-state index is -0.580. The van der Waals surface area contributed by atoms with Crippen molar-refractivity contribution in [2.45, 2.75) is 26.3 Å². The molecule has 2 aromatic rings. The number of rotatable bonds is 6. The van der Waals surface area contributed by atoms with Crippen molar-refractivity contribution in [3.8, 4) is 0 Å². The molecule has 0 aliphatic heterocycles. The topological polar surface area (TPSA) is 84.2 Å². The van der Waals surface area contributed by atoms with E-state index in [1.165, 1.54) is 0 Å². The molecule has 5 nitrogen and oxygen atoms in total. The van der Waals surface area contributed by atoms with Gasteiger partial charge in [-0.15, -0.1) is 0 Å². The van der Waals surface area contributed by atoms with Gasteiger partial charge in [0.1, 0.15) is 0 Å². The lowest BCUT2D eigenvalue weighted by atomic mass is 10.0. The fourth-order valence-electron chi connectivity index (χ4n) is 2.39. The number of hydrogen-bond acceptors (Lipinski definition) is 3. The SMILES string of the molecule is CC(C)C[C@@H](N)C(=O)NCC(=O)Nc1ccc2ccccc2c1. The van der Waals surface area contributed by atoms with Crippen LogP contribution < -0.4 is 16.4 Å². The molecule has 2 amide bonds. The smallest absolute Gasteiger partial charge is 0.243 e. The van der Waals surface area contributed by atoms with Crippen LogP contribution >= 0.6 is 0 Å². The van der Waals surface area contributed by atoms with Crippen LogP contribution in [-0.2, 0) is 9.59 Å². The zero-order chi connectivity index (χ0) is 16.8. The van der Waals surface area contributed by atoms with Crippen molar-refractivity contribution in [1.29, 1.82) is 0 Å². The van der Waals surface area contributed by atoms with E-state index in [0.29, 0.717) is 18.0 Å². The Balaban J connectivity index is 1.87. The van der Waals surface area contributed by atoms with Gasteiger partial charge in [0, 0.05) is 5.69 Å². The summed E-state index contributed by atoms with van der Waals surface area (Å²) in [6.45, 7) is 3.91. The average molecular weight is 313 g/mol. The van der Waals surface area contributed by atoms with E-state index in [0.717, 1.165) is 10.8 Å². The Bertz CT molecular complexity index is 697. The summed E-state index contributed by atoms with van der Waals surface area (Å²) in [4.78, 5) is 23.7. The first-order valence-electron chi connectivity index (χ1n) is 7.77. The van der Waals surface area contributed by atoms with Crippen LogP contribution in [0.4, 0.5) is 5.69 Å². The summed E-state index contributed by atoms with van der Waals surface area (Å²) in [6, 6.07) is 13.0. The molecule has 0 radical (unpaired) electrons. The van der Waals surface area contributed by atoms with Gasteiger partial charge in [-0.05, 0) is 35.2 Å². The quantitative estimate of drug-likeness (QED) is 0.765. The summed E-state index contributed by atoms with van der Waals surface area (Å²) in [6.07, 6.45) is 0.595. The second-order valence-electron chi connectivity index (χ2n) is 6.06. The highest BCUT2D eigenvalue weighted by Gasteiger charge is 2.15. The van der Waals surface area contributed by atoms with Crippen LogP contribution in [0.15, 0.2) is 42.5 Å². The highest BCUT2D eigenvalue weighted by molar-refractivity contribution is 5.97. The maximum absolute atomic E-state index is 11.9. The van der Waals surface area contributed by atoms with Gasteiger partial charge in [-0.1, -0.05) is 44.2 Å². The fourth-order valence-corrected chi connectivity index (χ4v) is 2.39. The Kier molecular flexibility index (Phi) is 5.71. The van der Waals surface area contributed by atoms with Crippen molar-refractivity contribution in [2.24, 2.45) is 11.7 Å². The van der Waals surface area contributed by atoms with Crippen LogP contribution in [0, 0.1) is 5.92 Å². The van der Waals surface area contributed by atoms with Gasteiger partial charge < -0.3 is 16.4 Å². The number of nitrogens with one attached hydrogen (secondary N) is 2. The van der Waals surface area contributed by atoms with E-state index in [2.05, 4.69) is 10.6 Å². The van der Waals surface area contributed by atoms with Crippen molar-refractivity contribution in [2.75, 3.05) is 11.9 Å². The maximum atomic E-state index is 11.9. The van der Waals surface area contributed by atoms with E-state index in [1.807, 2.05) is 56.3 Å².